The van der Waals surface area contributed by atoms with Crippen LogP contribution in [0.5, 0.6) is 5.88 Å². The van der Waals surface area contributed by atoms with E-state index in [2.05, 4.69) is 46.5 Å². The second kappa shape index (κ2) is 5.74. The van der Waals surface area contributed by atoms with Crippen LogP contribution in [0.4, 0.5) is 0 Å². The summed E-state index contributed by atoms with van der Waals surface area (Å²) < 4.78 is 6.35. The van der Waals surface area contributed by atoms with Gasteiger partial charge in [-0.05, 0) is 16.6 Å². The van der Waals surface area contributed by atoms with Crippen LogP contribution in [0.1, 0.15) is 41.5 Å². The largest absolute Gasteiger partial charge is 0.531 e. The van der Waals surface area contributed by atoms with Crippen molar-refractivity contribution in [1.29, 1.82) is 0 Å². The van der Waals surface area contributed by atoms with Gasteiger partial charge in [0, 0.05) is 18.3 Å². The molecule has 1 rings (SSSR count). The summed E-state index contributed by atoms with van der Waals surface area (Å²) in [6, 6.07) is 3.06. The number of rotatable bonds is 5. The van der Waals surface area contributed by atoms with Gasteiger partial charge in [-0.25, -0.2) is 0 Å². The number of aromatic nitrogens is 1. The molecule has 4 heteroatoms. The van der Waals surface area contributed by atoms with Gasteiger partial charge in [-0.3, -0.25) is 4.79 Å². The predicted octanol–water partition coefficient (Wildman–Crippen LogP) is 3.93. The van der Waals surface area contributed by atoms with E-state index < -0.39 is 8.32 Å². The summed E-state index contributed by atoms with van der Waals surface area (Å²) in [6.07, 6.45) is 1.65. The molecule has 1 heterocycles. The van der Waals surface area contributed by atoms with Crippen molar-refractivity contribution in [3.05, 3.63) is 28.6 Å². The fourth-order valence-corrected chi connectivity index (χ4v) is 8.23. The Bertz CT molecular complexity index is 416. The first-order valence-electron chi connectivity index (χ1n) is 6.68. The molecule has 102 valence electrons. The SMILES string of the molecule is CC(C)[Si](Oc1cc(=O)cc[nH]1)(C(C)C)C(C)C. The molecule has 1 aromatic heterocycles. The molecule has 0 atom stereocenters. The molecule has 1 aromatic rings. The van der Waals surface area contributed by atoms with Gasteiger partial charge in [-0.15, -0.1) is 0 Å². The van der Waals surface area contributed by atoms with E-state index in [-0.39, 0.29) is 5.43 Å². The summed E-state index contributed by atoms with van der Waals surface area (Å²) in [4.78, 5) is 14.4. The third-order valence-electron chi connectivity index (χ3n) is 3.74. The van der Waals surface area contributed by atoms with Crippen molar-refractivity contribution >= 4 is 8.32 Å². The molecule has 1 N–H and O–H groups in total. The second-order valence-corrected chi connectivity index (χ2v) is 11.2. The summed E-state index contributed by atoms with van der Waals surface area (Å²) in [5.74, 6) is 0.616. The van der Waals surface area contributed by atoms with Crippen LogP contribution in [0.2, 0.25) is 16.6 Å². The molecule has 0 spiro atoms. The molecule has 0 aromatic carbocycles. The number of hydrogen-bond acceptors (Lipinski definition) is 2. The lowest BCUT2D eigenvalue weighted by Crippen LogP contribution is -2.51. The van der Waals surface area contributed by atoms with E-state index in [9.17, 15) is 4.79 Å². The van der Waals surface area contributed by atoms with E-state index in [1.165, 1.54) is 6.07 Å². The molecule has 0 aliphatic heterocycles. The van der Waals surface area contributed by atoms with E-state index in [0.717, 1.165) is 0 Å². The van der Waals surface area contributed by atoms with Crippen molar-refractivity contribution in [2.45, 2.75) is 58.2 Å². The Morgan fingerprint density at radius 1 is 1.06 bits per heavy atom. The number of aromatic amines is 1. The molecule has 0 amide bonds. The fraction of sp³-hybridized carbons (Fsp3) is 0.643. The highest BCUT2D eigenvalue weighted by Crippen LogP contribution is 2.42. The summed E-state index contributed by atoms with van der Waals surface area (Å²) in [5.41, 5.74) is 1.49. The zero-order valence-electron chi connectivity index (χ0n) is 12.3. The highest BCUT2D eigenvalue weighted by Gasteiger charge is 2.47. The molecule has 3 nitrogen and oxygen atoms in total. The predicted molar refractivity (Wildman–Crippen MR) is 78.7 cm³/mol. The summed E-state index contributed by atoms with van der Waals surface area (Å²) >= 11 is 0. The van der Waals surface area contributed by atoms with Crippen LogP contribution in [-0.4, -0.2) is 13.3 Å². The Hall–Kier alpha value is -1.03. The quantitative estimate of drug-likeness (QED) is 0.821. The minimum Gasteiger partial charge on any atom is -0.531 e. The average molecular weight is 267 g/mol. The molecule has 0 radical (unpaired) electrons. The molecule has 0 unspecified atom stereocenters. The van der Waals surface area contributed by atoms with E-state index in [4.69, 9.17) is 4.43 Å². The maximum Gasteiger partial charge on any atom is 0.260 e. The Morgan fingerprint density at radius 3 is 1.94 bits per heavy atom. The number of nitrogens with one attached hydrogen (secondary N) is 1. The average Bonchev–Trinajstić information content (AvgIpc) is 2.24. The van der Waals surface area contributed by atoms with Crippen molar-refractivity contribution in [2.75, 3.05) is 0 Å². The lowest BCUT2D eigenvalue weighted by atomic mass is 10.5. The summed E-state index contributed by atoms with van der Waals surface area (Å²) in [5, 5.41) is 0. The van der Waals surface area contributed by atoms with E-state index in [1.807, 2.05) is 0 Å². The highest BCUT2D eigenvalue weighted by molar-refractivity contribution is 6.78. The van der Waals surface area contributed by atoms with Crippen LogP contribution >= 0.6 is 0 Å². The topological polar surface area (TPSA) is 42.1 Å². The first-order valence-corrected chi connectivity index (χ1v) is 8.82. The Balaban J connectivity index is 3.16. The maximum absolute atomic E-state index is 11.4. The maximum atomic E-state index is 11.4. The standard InChI is InChI=1S/C14H25NO2Si/c1-10(2)18(11(3)4,12(5)6)17-14-9-13(16)7-8-15-14/h7-12H,1-6H3,(H,15,16). The normalized spacial score (nSPS) is 12.5. The molecule has 0 aliphatic carbocycles. The van der Waals surface area contributed by atoms with Gasteiger partial charge in [0.05, 0.1) is 0 Å². The van der Waals surface area contributed by atoms with Crippen LogP contribution < -0.4 is 9.85 Å². The number of pyridine rings is 1. The van der Waals surface area contributed by atoms with Gasteiger partial charge in [-0.2, -0.15) is 0 Å². The second-order valence-electron chi connectivity index (χ2n) is 5.81. The lowest BCUT2D eigenvalue weighted by molar-refractivity contribution is 0.463. The van der Waals surface area contributed by atoms with E-state index >= 15 is 0 Å². The Morgan fingerprint density at radius 2 is 1.56 bits per heavy atom. The monoisotopic (exact) mass is 267 g/mol. The van der Waals surface area contributed by atoms with Crippen LogP contribution in [-0.2, 0) is 0 Å². The van der Waals surface area contributed by atoms with Crippen LogP contribution in [0.3, 0.4) is 0 Å². The summed E-state index contributed by atoms with van der Waals surface area (Å²) in [7, 11) is -1.96. The zero-order valence-corrected chi connectivity index (χ0v) is 13.3. The molecule has 18 heavy (non-hydrogen) atoms. The van der Waals surface area contributed by atoms with Gasteiger partial charge >= 0.3 is 0 Å². The van der Waals surface area contributed by atoms with Gasteiger partial charge in [0.1, 0.15) is 0 Å². The van der Waals surface area contributed by atoms with Crippen molar-refractivity contribution < 1.29 is 4.43 Å². The van der Waals surface area contributed by atoms with Gasteiger partial charge in [-0.1, -0.05) is 41.5 Å². The molecular weight excluding hydrogens is 242 g/mol. The van der Waals surface area contributed by atoms with Gasteiger partial charge < -0.3 is 9.41 Å². The first-order chi connectivity index (χ1) is 8.30. The molecular formula is C14H25NO2Si. The van der Waals surface area contributed by atoms with Gasteiger partial charge in [0.2, 0.25) is 0 Å². The molecule has 0 aliphatic rings. The minimum absolute atomic E-state index is 0.0112. The number of H-pyrrole nitrogens is 1. The van der Waals surface area contributed by atoms with Gasteiger partial charge in [0.15, 0.2) is 11.3 Å². The first kappa shape index (κ1) is 15.0. The zero-order chi connectivity index (χ0) is 13.9. The van der Waals surface area contributed by atoms with Crippen molar-refractivity contribution in [2.24, 2.45) is 0 Å². The highest BCUT2D eigenvalue weighted by atomic mass is 28.4. The van der Waals surface area contributed by atoms with Crippen LogP contribution in [0.15, 0.2) is 23.1 Å². The third-order valence-corrected chi connectivity index (χ3v) is 9.73. The lowest BCUT2D eigenvalue weighted by Gasteiger charge is -2.41. The van der Waals surface area contributed by atoms with Crippen molar-refractivity contribution in [1.82, 2.24) is 4.98 Å². The van der Waals surface area contributed by atoms with Crippen molar-refractivity contribution in [3.63, 3.8) is 0 Å². The molecule has 0 bridgehead atoms. The summed E-state index contributed by atoms with van der Waals surface area (Å²) in [6.45, 7) is 13.4. The van der Waals surface area contributed by atoms with Crippen LogP contribution in [0.25, 0.3) is 0 Å². The fourth-order valence-electron chi connectivity index (χ4n) is 3.03. The van der Waals surface area contributed by atoms with Crippen LogP contribution in [0, 0.1) is 0 Å². The molecule has 0 saturated carbocycles. The van der Waals surface area contributed by atoms with Crippen molar-refractivity contribution in [3.8, 4) is 5.88 Å². The van der Waals surface area contributed by atoms with Gasteiger partial charge in [0.25, 0.3) is 8.32 Å². The minimum atomic E-state index is -1.96. The van der Waals surface area contributed by atoms with E-state index in [0.29, 0.717) is 22.5 Å². The molecule has 0 saturated heterocycles. The smallest absolute Gasteiger partial charge is 0.260 e. The Labute approximate surface area is 111 Å². The number of hydrogen-bond donors (Lipinski definition) is 1. The third kappa shape index (κ3) is 2.86. The van der Waals surface area contributed by atoms with E-state index in [1.54, 1.807) is 12.3 Å². The molecule has 0 fully saturated rings. The Kier molecular flexibility index (Phi) is 4.79.